The van der Waals surface area contributed by atoms with Gasteiger partial charge >= 0.3 is 0 Å². The van der Waals surface area contributed by atoms with Gasteiger partial charge in [0, 0.05) is 31.9 Å². The number of hydrogen-bond acceptors (Lipinski definition) is 3. The fourth-order valence-electron chi connectivity index (χ4n) is 2.40. The van der Waals surface area contributed by atoms with E-state index in [0.29, 0.717) is 12.1 Å². The molecule has 1 fully saturated rings. The summed E-state index contributed by atoms with van der Waals surface area (Å²) in [5, 5.41) is 0. The Labute approximate surface area is 91.1 Å². The van der Waals surface area contributed by atoms with E-state index >= 15 is 0 Å². The number of aryl methyl sites for hydroxylation is 1. The predicted molar refractivity (Wildman–Crippen MR) is 60.4 cm³/mol. The molecular weight excluding hydrogens is 188 g/mol. The SMILES string of the molecule is CC(C)N1CC[C@@H](N)[C@@H]1c1cn(C)cn1. The van der Waals surface area contributed by atoms with Crippen LogP contribution in [-0.4, -0.2) is 33.1 Å². The Morgan fingerprint density at radius 3 is 2.80 bits per heavy atom. The molecule has 1 aliphatic rings. The van der Waals surface area contributed by atoms with Gasteiger partial charge in [0.25, 0.3) is 0 Å². The predicted octanol–water partition coefficient (Wildman–Crippen LogP) is 0.903. The van der Waals surface area contributed by atoms with Gasteiger partial charge in [0.15, 0.2) is 0 Å². The highest BCUT2D eigenvalue weighted by Crippen LogP contribution is 2.31. The van der Waals surface area contributed by atoms with Crippen molar-refractivity contribution in [2.75, 3.05) is 6.54 Å². The minimum atomic E-state index is 0.224. The molecule has 4 heteroatoms. The summed E-state index contributed by atoms with van der Waals surface area (Å²) in [5.41, 5.74) is 7.27. The molecule has 1 saturated heterocycles. The average molecular weight is 208 g/mol. The van der Waals surface area contributed by atoms with E-state index in [1.165, 1.54) is 0 Å². The quantitative estimate of drug-likeness (QED) is 0.785. The van der Waals surface area contributed by atoms with E-state index in [9.17, 15) is 0 Å². The highest BCUT2D eigenvalue weighted by atomic mass is 15.2. The minimum Gasteiger partial charge on any atom is -0.340 e. The zero-order valence-electron chi connectivity index (χ0n) is 9.72. The van der Waals surface area contributed by atoms with Crippen molar-refractivity contribution < 1.29 is 0 Å². The first-order valence-electron chi connectivity index (χ1n) is 5.59. The van der Waals surface area contributed by atoms with Crippen LogP contribution in [0.1, 0.15) is 32.0 Å². The van der Waals surface area contributed by atoms with Gasteiger partial charge in [-0.3, -0.25) is 4.90 Å². The van der Waals surface area contributed by atoms with E-state index in [1.54, 1.807) is 0 Å². The van der Waals surface area contributed by atoms with Gasteiger partial charge in [0.2, 0.25) is 0 Å². The zero-order valence-corrected chi connectivity index (χ0v) is 9.72. The van der Waals surface area contributed by atoms with Crippen LogP contribution in [0, 0.1) is 0 Å². The van der Waals surface area contributed by atoms with Gasteiger partial charge in [0.05, 0.1) is 18.1 Å². The summed E-state index contributed by atoms with van der Waals surface area (Å²) >= 11 is 0. The number of likely N-dealkylation sites (tertiary alicyclic amines) is 1. The van der Waals surface area contributed by atoms with Crippen molar-refractivity contribution in [1.82, 2.24) is 14.5 Å². The Bertz CT molecular complexity index is 331. The third-order valence-corrected chi connectivity index (χ3v) is 3.17. The van der Waals surface area contributed by atoms with Gasteiger partial charge in [-0.1, -0.05) is 0 Å². The summed E-state index contributed by atoms with van der Waals surface area (Å²) in [6.45, 7) is 5.52. The van der Waals surface area contributed by atoms with Crippen molar-refractivity contribution in [3.8, 4) is 0 Å². The van der Waals surface area contributed by atoms with Crippen molar-refractivity contribution in [3.63, 3.8) is 0 Å². The summed E-state index contributed by atoms with van der Waals surface area (Å²) < 4.78 is 1.98. The first kappa shape index (κ1) is 10.6. The van der Waals surface area contributed by atoms with Gasteiger partial charge in [0.1, 0.15) is 0 Å². The van der Waals surface area contributed by atoms with Gasteiger partial charge in [-0.2, -0.15) is 0 Å². The van der Waals surface area contributed by atoms with E-state index in [-0.39, 0.29) is 6.04 Å². The number of hydrogen-bond donors (Lipinski definition) is 1. The Kier molecular flexibility index (Phi) is 2.80. The van der Waals surface area contributed by atoms with Gasteiger partial charge in [-0.25, -0.2) is 4.98 Å². The lowest BCUT2D eigenvalue weighted by Crippen LogP contribution is -2.36. The third kappa shape index (κ3) is 1.92. The van der Waals surface area contributed by atoms with E-state index in [1.807, 2.05) is 17.9 Å². The van der Waals surface area contributed by atoms with E-state index in [2.05, 4.69) is 29.9 Å². The van der Waals surface area contributed by atoms with Crippen LogP contribution >= 0.6 is 0 Å². The molecule has 0 radical (unpaired) electrons. The summed E-state index contributed by atoms with van der Waals surface area (Å²) in [6.07, 6.45) is 4.99. The molecule has 1 aromatic heterocycles. The normalized spacial score (nSPS) is 27.8. The molecule has 84 valence electrons. The van der Waals surface area contributed by atoms with Crippen LogP contribution in [0.2, 0.25) is 0 Å². The fourth-order valence-corrected chi connectivity index (χ4v) is 2.40. The molecule has 0 spiro atoms. The molecule has 2 heterocycles. The van der Waals surface area contributed by atoms with Crippen molar-refractivity contribution in [3.05, 3.63) is 18.2 Å². The lowest BCUT2D eigenvalue weighted by atomic mass is 10.1. The molecule has 4 nitrogen and oxygen atoms in total. The molecule has 1 aromatic rings. The Morgan fingerprint density at radius 1 is 1.53 bits per heavy atom. The molecule has 0 amide bonds. The number of imidazole rings is 1. The first-order valence-corrected chi connectivity index (χ1v) is 5.59. The van der Waals surface area contributed by atoms with E-state index in [0.717, 1.165) is 18.7 Å². The summed E-state index contributed by atoms with van der Waals surface area (Å²) in [7, 11) is 2.00. The Hall–Kier alpha value is -0.870. The number of nitrogens with two attached hydrogens (primary N) is 1. The minimum absolute atomic E-state index is 0.224. The van der Waals surface area contributed by atoms with Crippen molar-refractivity contribution in [2.45, 2.75) is 38.4 Å². The highest BCUT2D eigenvalue weighted by molar-refractivity contribution is 5.10. The fraction of sp³-hybridized carbons (Fsp3) is 0.727. The van der Waals surface area contributed by atoms with Crippen LogP contribution in [0.3, 0.4) is 0 Å². The van der Waals surface area contributed by atoms with Gasteiger partial charge in [-0.15, -0.1) is 0 Å². The van der Waals surface area contributed by atoms with Gasteiger partial charge < -0.3 is 10.3 Å². The average Bonchev–Trinajstić information content (AvgIpc) is 2.71. The third-order valence-electron chi connectivity index (χ3n) is 3.17. The van der Waals surface area contributed by atoms with Crippen LogP contribution < -0.4 is 5.73 Å². The van der Waals surface area contributed by atoms with Crippen LogP contribution in [-0.2, 0) is 7.05 Å². The maximum atomic E-state index is 6.16. The van der Waals surface area contributed by atoms with E-state index < -0.39 is 0 Å². The molecule has 15 heavy (non-hydrogen) atoms. The first-order chi connectivity index (χ1) is 7.09. The maximum absolute atomic E-state index is 6.16. The molecule has 2 atom stereocenters. The number of aromatic nitrogens is 2. The second-order valence-electron chi connectivity index (χ2n) is 4.69. The van der Waals surface area contributed by atoms with Crippen molar-refractivity contribution >= 4 is 0 Å². The number of nitrogens with zero attached hydrogens (tertiary/aromatic N) is 3. The summed E-state index contributed by atoms with van der Waals surface area (Å²) in [4.78, 5) is 6.86. The molecule has 0 bridgehead atoms. The van der Waals surface area contributed by atoms with Crippen LogP contribution in [0.15, 0.2) is 12.5 Å². The van der Waals surface area contributed by atoms with Crippen LogP contribution in [0.5, 0.6) is 0 Å². The molecule has 2 N–H and O–H groups in total. The summed E-state index contributed by atoms with van der Waals surface area (Å²) in [6, 6.07) is 1.05. The largest absolute Gasteiger partial charge is 0.340 e. The van der Waals surface area contributed by atoms with Crippen LogP contribution in [0.25, 0.3) is 0 Å². The molecule has 2 rings (SSSR count). The van der Waals surface area contributed by atoms with Gasteiger partial charge in [-0.05, 0) is 20.3 Å². The zero-order chi connectivity index (χ0) is 11.0. The second-order valence-corrected chi connectivity index (χ2v) is 4.69. The van der Waals surface area contributed by atoms with Crippen LogP contribution in [0.4, 0.5) is 0 Å². The standard InChI is InChI=1S/C11H20N4/c1-8(2)15-5-4-9(12)11(15)10-6-14(3)7-13-10/h6-9,11H,4-5,12H2,1-3H3/t9-,11-/m1/s1. The molecule has 0 saturated carbocycles. The Morgan fingerprint density at radius 2 is 2.27 bits per heavy atom. The lowest BCUT2D eigenvalue weighted by Gasteiger charge is -2.28. The summed E-state index contributed by atoms with van der Waals surface area (Å²) in [5.74, 6) is 0. The molecular formula is C11H20N4. The molecule has 0 aliphatic carbocycles. The smallest absolute Gasteiger partial charge is 0.0947 e. The lowest BCUT2D eigenvalue weighted by molar-refractivity contribution is 0.195. The molecule has 0 aromatic carbocycles. The topological polar surface area (TPSA) is 47.1 Å². The Balaban J connectivity index is 2.24. The molecule has 0 unspecified atom stereocenters. The van der Waals surface area contributed by atoms with Crippen molar-refractivity contribution in [1.29, 1.82) is 0 Å². The maximum Gasteiger partial charge on any atom is 0.0947 e. The number of rotatable bonds is 2. The van der Waals surface area contributed by atoms with E-state index in [4.69, 9.17) is 5.73 Å². The van der Waals surface area contributed by atoms with Crippen molar-refractivity contribution in [2.24, 2.45) is 12.8 Å². The molecule has 1 aliphatic heterocycles. The highest BCUT2D eigenvalue weighted by Gasteiger charge is 2.35. The monoisotopic (exact) mass is 208 g/mol. The second kappa shape index (κ2) is 3.94.